The summed E-state index contributed by atoms with van der Waals surface area (Å²) < 4.78 is 0. The van der Waals surface area contributed by atoms with E-state index in [4.69, 9.17) is 17.3 Å². The fraction of sp³-hybridized carbons (Fsp3) is 0.500. The number of non-ortho nitro benzene ring substituents is 1. The van der Waals surface area contributed by atoms with Gasteiger partial charge >= 0.3 is 0 Å². The molecule has 1 saturated carbocycles. The van der Waals surface area contributed by atoms with E-state index in [1.54, 1.807) is 4.90 Å². The molecule has 3 rings (SSSR count). The molecule has 2 aliphatic rings. The molecule has 0 spiro atoms. The van der Waals surface area contributed by atoms with E-state index in [1.165, 1.54) is 18.2 Å². The number of amides is 1. The summed E-state index contributed by atoms with van der Waals surface area (Å²) in [6.45, 7) is 1.35. The third-order valence-corrected chi connectivity index (χ3v) is 4.91. The largest absolute Gasteiger partial charge is 0.338 e. The Balaban J connectivity index is 1.79. The predicted octanol–water partition coefficient (Wildman–Crippen LogP) is 2.06. The normalized spacial score (nSPS) is 27.7. The highest BCUT2D eigenvalue weighted by Gasteiger charge is 2.42. The molecule has 2 N–H and O–H groups in total. The van der Waals surface area contributed by atoms with E-state index in [2.05, 4.69) is 0 Å². The molecule has 0 radical (unpaired) electrons. The van der Waals surface area contributed by atoms with Crippen LogP contribution in [0.3, 0.4) is 0 Å². The lowest BCUT2D eigenvalue weighted by atomic mass is 9.98. The molecule has 1 saturated heterocycles. The fourth-order valence-electron chi connectivity index (χ4n) is 3.43. The van der Waals surface area contributed by atoms with Gasteiger partial charge in [0, 0.05) is 31.3 Å². The van der Waals surface area contributed by atoms with Crippen molar-refractivity contribution in [3.63, 3.8) is 0 Å². The number of hydrogen-bond acceptors (Lipinski definition) is 4. The van der Waals surface area contributed by atoms with Crippen LogP contribution in [0.2, 0.25) is 5.02 Å². The van der Waals surface area contributed by atoms with E-state index < -0.39 is 4.92 Å². The maximum atomic E-state index is 12.5. The van der Waals surface area contributed by atoms with Crippen LogP contribution in [-0.4, -0.2) is 34.9 Å². The molecular formula is C14H16ClN3O3. The highest BCUT2D eigenvalue weighted by atomic mass is 35.5. The number of nitrogens with zero attached hydrogens (tertiary/aromatic N) is 2. The Bertz CT molecular complexity index is 607. The maximum absolute atomic E-state index is 12.5. The quantitative estimate of drug-likeness (QED) is 0.669. The molecule has 1 amide bonds. The summed E-state index contributed by atoms with van der Waals surface area (Å²) in [4.78, 5) is 24.5. The summed E-state index contributed by atoms with van der Waals surface area (Å²) in [5.74, 6) is 0.669. The molecule has 0 aromatic heterocycles. The average molecular weight is 310 g/mol. The van der Waals surface area contributed by atoms with Crippen molar-refractivity contribution >= 4 is 23.2 Å². The van der Waals surface area contributed by atoms with E-state index in [9.17, 15) is 14.9 Å². The number of rotatable bonds is 2. The Morgan fingerprint density at radius 2 is 2.14 bits per heavy atom. The lowest BCUT2D eigenvalue weighted by Gasteiger charge is -2.19. The Labute approximate surface area is 127 Å². The van der Waals surface area contributed by atoms with Crippen LogP contribution in [0, 0.1) is 22.0 Å². The second-order valence-corrected chi connectivity index (χ2v) is 6.20. The summed E-state index contributed by atoms with van der Waals surface area (Å²) in [5.41, 5.74) is 6.27. The molecule has 1 aliphatic carbocycles. The first-order valence-electron chi connectivity index (χ1n) is 6.96. The molecule has 7 heteroatoms. The number of nitro benzene ring substituents is 1. The first-order chi connectivity index (χ1) is 9.97. The van der Waals surface area contributed by atoms with Crippen molar-refractivity contribution in [3.05, 3.63) is 38.9 Å². The summed E-state index contributed by atoms with van der Waals surface area (Å²) in [6, 6.07) is 4.12. The van der Waals surface area contributed by atoms with Gasteiger partial charge < -0.3 is 10.6 Å². The minimum absolute atomic E-state index is 0.114. The molecule has 1 heterocycles. The molecule has 1 aliphatic heterocycles. The van der Waals surface area contributed by atoms with Crippen LogP contribution < -0.4 is 5.73 Å². The van der Waals surface area contributed by atoms with Gasteiger partial charge in [0.2, 0.25) is 0 Å². The minimum Gasteiger partial charge on any atom is -0.338 e. The second kappa shape index (κ2) is 5.27. The Kier molecular flexibility index (Phi) is 3.59. The first kappa shape index (κ1) is 14.3. The van der Waals surface area contributed by atoms with Gasteiger partial charge in [0.1, 0.15) is 0 Å². The van der Waals surface area contributed by atoms with Crippen molar-refractivity contribution in [1.29, 1.82) is 0 Å². The van der Waals surface area contributed by atoms with Crippen molar-refractivity contribution in [2.45, 2.75) is 18.9 Å². The molecule has 6 nitrogen and oxygen atoms in total. The third-order valence-electron chi connectivity index (χ3n) is 4.59. The van der Waals surface area contributed by atoms with E-state index in [0.717, 1.165) is 12.8 Å². The molecule has 1 aromatic rings. The summed E-state index contributed by atoms with van der Waals surface area (Å²) >= 11 is 6.02. The van der Waals surface area contributed by atoms with Crippen LogP contribution in [0.15, 0.2) is 18.2 Å². The maximum Gasteiger partial charge on any atom is 0.270 e. The summed E-state index contributed by atoms with van der Waals surface area (Å²) in [5, 5.41) is 10.8. The van der Waals surface area contributed by atoms with Crippen LogP contribution in [0.1, 0.15) is 23.2 Å². The lowest BCUT2D eigenvalue weighted by Crippen LogP contribution is -2.33. The van der Waals surface area contributed by atoms with Crippen molar-refractivity contribution in [1.82, 2.24) is 4.90 Å². The van der Waals surface area contributed by atoms with Gasteiger partial charge in [-0.1, -0.05) is 11.6 Å². The number of carbonyl (C=O) groups excluding carboxylic acids is 1. The Morgan fingerprint density at radius 1 is 1.38 bits per heavy atom. The highest BCUT2D eigenvalue weighted by molar-refractivity contribution is 6.34. The topological polar surface area (TPSA) is 89.5 Å². The molecule has 3 atom stereocenters. The van der Waals surface area contributed by atoms with Gasteiger partial charge in [-0.3, -0.25) is 14.9 Å². The number of nitrogens with two attached hydrogens (primary N) is 1. The molecule has 21 heavy (non-hydrogen) atoms. The predicted molar refractivity (Wildman–Crippen MR) is 78.2 cm³/mol. The van der Waals surface area contributed by atoms with Gasteiger partial charge in [0.25, 0.3) is 11.6 Å². The number of hydrogen-bond donors (Lipinski definition) is 1. The zero-order valence-corrected chi connectivity index (χ0v) is 12.1. The minimum atomic E-state index is -0.528. The van der Waals surface area contributed by atoms with Crippen molar-refractivity contribution in [2.75, 3.05) is 13.1 Å². The smallest absolute Gasteiger partial charge is 0.270 e. The second-order valence-electron chi connectivity index (χ2n) is 5.80. The fourth-order valence-corrected chi connectivity index (χ4v) is 3.69. The van der Waals surface area contributed by atoms with Crippen LogP contribution in [0.4, 0.5) is 5.69 Å². The Hall–Kier alpha value is -1.66. The lowest BCUT2D eigenvalue weighted by molar-refractivity contribution is -0.384. The number of halogens is 1. The van der Waals surface area contributed by atoms with Crippen LogP contribution >= 0.6 is 11.6 Å². The van der Waals surface area contributed by atoms with Crippen LogP contribution in [0.25, 0.3) is 0 Å². The zero-order valence-electron chi connectivity index (χ0n) is 11.4. The third kappa shape index (κ3) is 2.49. The van der Waals surface area contributed by atoms with Gasteiger partial charge in [0.15, 0.2) is 0 Å². The zero-order chi connectivity index (χ0) is 15.1. The van der Waals surface area contributed by atoms with Gasteiger partial charge in [-0.25, -0.2) is 0 Å². The Morgan fingerprint density at radius 3 is 2.76 bits per heavy atom. The molecule has 112 valence electrons. The number of benzene rings is 1. The first-order valence-corrected chi connectivity index (χ1v) is 7.34. The van der Waals surface area contributed by atoms with Gasteiger partial charge in [-0.15, -0.1) is 0 Å². The number of carbonyl (C=O) groups is 1. The molecule has 3 unspecified atom stereocenters. The van der Waals surface area contributed by atoms with Crippen LogP contribution in [-0.2, 0) is 0 Å². The number of likely N-dealkylation sites (tertiary alicyclic amines) is 1. The van der Waals surface area contributed by atoms with Gasteiger partial charge in [0.05, 0.1) is 15.5 Å². The number of fused-ring (bicyclic) bond motifs is 1. The van der Waals surface area contributed by atoms with E-state index in [1.807, 2.05) is 0 Å². The van der Waals surface area contributed by atoms with Crippen molar-refractivity contribution in [2.24, 2.45) is 17.6 Å². The van der Waals surface area contributed by atoms with Crippen molar-refractivity contribution in [3.8, 4) is 0 Å². The molecule has 0 bridgehead atoms. The standard InChI is InChI=1S/C14H16ClN3O3/c15-12-5-9(18(20)21)2-3-10(12)14(19)17-6-8-1-4-13(16)11(8)7-17/h2-3,5,8,11,13H,1,4,6-7,16H2. The van der Waals surface area contributed by atoms with Gasteiger partial charge in [-0.05, 0) is 30.7 Å². The highest BCUT2D eigenvalue weighted by Crippen LogP contribution is 2.38. The summed E-state index contributed by atoms with van der Waals surface area (Å²) in [7, 11) is 0. The van der Waals surface area contributed by atoms with Crippen molar-refractivity contribution < 1.29 is 9.72 Å². The van der Waals surface area contributed by atoms with E-state index in [0.29, 0.717) is 30.5 Å². The molecule has 1 aromatic carbocycles. The average Bonchev–Trinajstić information content (AvgIpc) is 3.00. The van der Waals surface area contributed by atoms with Gasteiger partial charge in [-0.2, -0.15) is 0 Å². The van der Waals surface area contributed by atoms with E-state index >= 15 is 0 Å². The molecule has 2 fully saturated rings. The van der Waals surface area contributed by atoms with E-state index in [-0.39, 0.29) is 22.7 Å². The summed E-state index contributed by atoms with van der Waals surface area (Å²) in [6.07, 6.45) is 2.08. The van der Waals surface area contributed by atoms with Crippen LogP contribution in [0.5, 0.6) is 0 Å². The SMILES string of the molecule is NC1CCC2CN(C(=O)c3ccc([N+](=O)[O-])cc3Cl)CC12. The molecular weight excluding hydrogens is 294 g/mol. The monoisotopic (exact) mass is 309 g/mol. The number of nitro groups is 1.